The number of hydrogen-bond donors (Lipinski definition) is 0. The van der Waals surface area contributed by atoms with Gasteiger partial charge in [-0.25, -0.2) is 8.78 Å². The fraction of sp³-hybridized carbons (Fsp3) is 0.182. The molecule has 0 heterocycles. The average Bonchev–Trinajstić information content (AvgIpc) is 2.66. The average molecular weight is 338 g/mol. The molecule has 128 valence electrons. The minimum atomic E-state index is -0.871. The highest BCUT2D eigenvalue weighted by Crippen LogP contribution is 2.31. The first-order valence-corrected chi connectivity index (χ1v) is 8.35. The quantitative estimate of drug-likeness (QED) is 0.478. The van der Waals surface area contributed by atoms with Gasteiger partial charge in [0.1, 0.15) is 5.75 Å². The van der Waals surface area contributed by atoms with E-state index in [4.69, 9.17) is 4.74 Å². The number of halogens is 2. The molecule has 0 spiro atoms. The number of benzene rings is 3. The van der Waals surface area contributed by atoms with E-state index in [0.29, 0.717) is 5.75 Å². The summed E-state index contributed by atoms with van der Waals surface area (Å²) in [6.07, 6.45) is 2.09. The smallest absolute Gasteiger partial charge is 0.166 e. The van der Waals surface area contributed by atoms with Crippen molar-refractivity contribution in [3.63, 3.8) is 0 Å². The minimum absolute atomic E-state index is 0.191. The molecule has 3 heteroatoms. The lowest BCUT2D eigenvalue weighted by Gasteiger charge is -2.07. The summed E-state index contributed by atoms with van der Waals surface area (Å²) >= 11 is 0. The number of aryl methyl sites for hydroxylation is 1. The fourth-order valence-electron chi connectivity index (χ4n) is 2.87. The Bertz CT molecular complexity index is 911. The molecule has 0 fully saturated rings. The lowest BCUT2D eigenvalue weighted by atomic mass is 10.0. The van der Waals surface area contributed by atoms with Gasteiger partial charge in [0.05, 0.1) is 7.11 Å². The third kappa shape index (κ3) is 3.71. The molecule has 0 saturated heterocycles. The van der Waals surface area contributed by atoms with Crippen molar-refractivity contribution in [3.8, 4) is 5.75 Å². The van der Waals surface area contributed by atoms with Gasteiger partial charge in [0.2, 0.25) is 0 Å². The molecule has 1 nitrogen and oxygen atoms in total. The zero-order valence-corrected chi connectivity index (χ0v) is 14.4. The molecule has 25 heavy (non-hydrogen) atoms. The summed E-state index contributed by atoms with van der Waals surface area (Å²) in [5.41, 5.74) is 1.68. The Morgan fingerprint density at radius 1 is 0.800 bits per heavy atom. The second-order valence-corrected chi connectivity index (χ2v) is 6.00. The van der Waals surface area contributed by atoms with E-state index < -0.39 is 11.7 Å². The maximum atomic E-state index is 14.6. The van der Waals surface area contributed by atoms with Crippen molar-refractivity contribution in [2.45, 2.75) is 19.8 Å². The van der Waals surface area contributed by atoms with E-state index in [2.05, 4.69) is 13.0 Å². The van der Waals surface area contributed by atoms with Gasteiger partial charge in [0.25, 0.3) is 0 Å². The molecule has 0 aliphatic heterocycles. The van der Waals surface area contributed by atoms with Crippen LogP contribution in [0.5, 0.6) is 5.75 Å². The maximum absolute atomic E-state index is 14.6. The zero-order chi connectivity index (χ0) is 17.8. The van der Waals surface area contributed by atoms with Gasteiger partial charge < -0.3 is 4.74 Å². The molecule has 0 bridgehead atoms. The van der Waals surface area contributed by atoms with Crippen molar-refractivity contribution in [2.24, 2.45) is 0 Å². The number of hydrogen-bond acceptors (Lipinski definition) is 1. The first-order chi connectivity index (χ1) is 12.1. The summed E-state index contributed by atoms with van der Waals surface area (Å²) in [5.74, 6) is -1.13. The Morgan fingerprint density at radius 3 is 2.08 bits per heavy atom. The van der Waals surface area contributed by atoms with Crippen LogP contribution in [-0.4, -0.2) is 7.11 Å². The summed E-state index contributed by atoms with van der Waals surface area (Å²) in [5, 5.41) is 1.93. The first-order valence-electron chi connectivity index (χ1n) is 8.35. The van der Waals surface area contributed by atoms with Gasteiger partial charge in [-0.1, -0.05) is 43.7 Å². The van der Waals surface area contributed by atoms with E-state index in [1.54, 1.807) is 24.3 Å². The lowest BCUT2D eigenvalue weighted by Crippen LogP contribution is -1.88. The summed E-state index contributed by atoms with van der Waals surface area (Å²) in [6.45, 7) is 2.13. The molecular weight excluding hydrogens is 318 g/mol. The van der Waals surface area contributed by atoms with Crippen LogP contribution in [-0.2, 0) is 6.42 Å². The highest BCUT2D eigenvalue weighted by atomic mass is 19.2. The van der Waals surface area contributed by atoms with Crippen LogP contribution in [0.1, 0.15) is 30.0 Å². The molecule has 3 rings (SSSR count). The summed E-state index contributed by atoms with van der Waals surface area (Å²) in [4.78, 5) is 0. The SMILES string of the molecule is CCCc1ccc2cc(C(F)=C(F)c3ccc(OC)cc3)ccc2c1. The molecule has 0 saturated carbocycles. The molecule has 3 aromatic rings. The third-order valence-corrected chi connectivity index (χ3v) is 4.23. The molecule has 0 atom stereocenters. The monoisotopic (exact) mass is 338 g/mol. The van der Waals surface area contributed by atoms with E-state index in [1.165, 1.54) is 24.8 Å². The van der Waals surface area contributed by atoms with Crippen molar-refractivity contribution in [1.29, 1.82) is 0 Å². The van der Waals surface area contributed by atoms with E-state index in [0.717, 1.165) is 23.6 Å². The first kappa shape index (κ1) is 17.2. The Balaban J connectivity index is 1.97. The highest BCUT2D eigenvalue weighted by Gasteiger charge is 2.12. The Hall–Kier alpha value is -2.68. The normalized spacial score (nSPS) is 12.2. The predicted octanol–water partition coefficient (Wildman–Crippen LogP) is 6.57. The number of rotatable bonds is 5. The number of ether oxygens (including phenoxy) is 1. The topological polar surface area (TPSA) is 9.23 Å². The molecule has 0 aliphatic rings. The molecule has 3 aromatic carbocycles. The van der Waals surface area contributed by atoms with Crippen molar-refractivity contribution in [1.82, 2.24) is 0 Å². The Labute approximate surface area is 146 Å². The third-order valence-electron chi connectivity index (χ3n) is 4.23. The van der Waals surface area contributed by atoms with Gasteiger partial charge in [0, 0.05) is 11.1 Å². The van der Waals surface area contributed by atoms with Gasteiger partial charge in [-0.15, -0.1) is 0 Å². The fourth-order valence-corrected chi connectivity index (χ4v) is 2.87. The van der Waals surface area contributed by atoms with E-state index in [-0.39, 0.29) is 11.1 Å². The second-order valence-electron chi connectivity index (χ2n) is 6.00. The number of methoxy groups -OCH3 is 1. The van der Waals surface area contributed by atoms with Gasteiger partial charge in [-0.2, -0.15) is 0 Å². The summed E-state index contributed by atoms with van der Waals surface area (Å²) < 4.78 is 34.1. The van der Waals surface area contributed by atoms with Crippen molar-refractivity contribution < 1.29 is 13.5 Å². The van der Waals surface area contributed by atoms with Crippen LogP contribution < -0.4 is 4.74 Å². The van der Waals surface area contributed by atoms with Gasteiger partial charge in [-0.05, 0) is 53.1 Å². The van der Waals surface area contributed by atoms with E-state index >= 15 is 0 Å². The summed E-state index contributed by atoms with van der Waals surface area (Å²) in [7, 11) is 1.53. The Kier molecular flexibility index (Phi) is 5.13. The largest absolute Gasteiger partial charge is 0.497 e. The van der Waals surface area contributed by atoms with E-state index in [1.807, 2.05) is 18.2 Å². The highest BCUT2D eigenvalue weighted by molar-refractivity contribution is 5.90. The lowest BCUT2D eigenvalue weighted by molar-refractivity contribution is 0.414. The van der Waals surface area contributed by atoms with Gasteiger partial charge in [-0.3, -0.25) is 0 Å². The predicted molar refractivity (Wildman–Crippen MR) is 100.0 cm³/mol. The zero-order valence-electron chi connectivity index (χ0n) is 14.4. The molecule has 0 unspecified atom stereocenters. The van der Waals surface area contributed by atoms with Crippen molar-refractivity contribution in [3.05, 3.63) is 77.4 Å². The van der Waals surface area contributed by atoms with Crippen molar-refractivity contribution in [2.75, 3.05) is 7.11 Å². The number of fused-ring (bicyclic) bond motifs is 1. The van der Waals surface area contributed by atoms with E-state index in [9.17, 15) is 8.78 Å². The van der Waals surface area contributed by atoms with Crippen molar-refractivity contribution >= 4 is 22.4 Å². The molecule has 0 radical (unpaired) electrons. The van der Waals surface area contributed by atoms with Crippen LogP contribution in [0, 0.1) is 0 Å². The molecule has 0 aromatic heterocycles. The molecule has 0 N–H and O–H groups in total. The van der Waals surface area contributed by atoms with Crippen LogP contribution in [0.3, 0.4) is 0 Å². The standard InChI is InChI=1S/C22H20F2O/c1-3-4-15-5-6-18-14-19(8-7-17(18)13-15)22(24)21(23)16-9-11-20(25-2)12-10-16/h5-14H,3-4H2,1-2H3. The molecule has 0 aliphatic carbocycles. The van der Waals surface area contributed by atoms with Gasteiger partial charge >= 0.3 is 0 Å². The second kappa shape index (κ2) is 7.47. The van der Waals surface area contributed by atoms with Gasteiger partial charge in [0.15, 0.2) is 11.7 Å². The van der Waals surface area contributed by atoms with Crippen LogP contribution >= 0.6 is 0 Å². The molecule has 0 amide bonds. The van der Waals surface area contributed by atoms with Crippen LogP contribution in [0.2, 0.25) is 0 Å². The Morgan fingerprint density at radius 2 is 1.40 bits per heavy atom. The van der Waals surface area contributed by atoms with Crippen LogP contribution in [0.15, 0.2) is 60.7 Å². The maximum Gasteiger partial charge on any atom is 0.166 e. The van der Waals surface area contributed by atoms with Crippen LogP contribution in [0.25, 0.3) is 22.4 Å². The summed E-state index contributed by atoms with van der Waals surface area (Å²) in [6, 6.07) is 17.5. The van der Waals surface area contributed by atoms with Crippen LogP contribution in [0.4, 0.5) is 8.78 Å². The minimum Gasteiger partial charge on any atom is -0.497 e. The molecular formula is C22H20F2O.